The van der Waals surface area contributed by atoms with E-state index < -0.39 is 9.84 Å². The number of fused-ring (bicyclic) bond motifs is 1. The molecule has 1 heterocycles. The number of carbonyl (C=O) groups excluding carboxylic acids is 1. The lowest BCUT2D eigenvalue weighted by Crippen LogP contribution is -2.41. The first-order valence-corrected chi connectivity index (χ1v) is 10.9. The van der Waals surface area contributed by atoms with Crippen molar-refractivity contribution in [3.8, 4) is 0 Å². The fourth-order valence-corrected chi connectivity index (χ4v) is 5.71. The first-order valence-electron chi connectivity index (χ1n) is 8.10. The summed E-state index contributed by atoms with van der Waals surface area (Å²) in [5, 5.41) is 2.34. The van der Waals surface area contributed by atoms with Gasteiger partial charge in [0.1, 0.15) is 0 Å². The maximum Gasteiger partial charge on any atom is 0.233 e. The van der Waals surface area contributed by atoms with Crippen LogP contribution in [-0.2, 0) is 14.6 Å². The number of amides is 1. The lowest BCUT2D eigenvalue weighted by molar-refractivity contribution is -0.129. The molecule has 6 heteroatoms. The van der Waals surface area contributed by atoms with Gasteiger partial charge >= 0.3 is 0 Å². The van der Waals surface area contributed by atoms with Crippen molar-refractivity contribution in [3.63, 3.8) is 0 Å². The summed E-state index contributed by atoms with van der Waals surface area (Å²) in [4.78, 5) is 15.3. The summed E-state index contributed by atoms with van der Waals surface area (Å²) in [6.07, 6.45) is 0.558. The Morgan fingerprint density at radius 1 is 1.21 bits per heavy atom. The summed E-state index contributed by atoms with van der Waals surface area (Å²) in [5.41, 5.74) is 0. The molecule has 1 aliphatic heterocycles. The highest BCUT2D eigenvalue weighted by Gasteiger charge is 2.33. The Hall–Kier alpha value is -1.53. The van der Waals surface area contributed by atoms with Gasteiger partial charge in [-0.1, -0.05) is 30.3 Å². The number of carbonyl (C=O) groups is 1. The highest BCUT2D eigenvalue weighted by Crippen LogP contribution is 2.25. The van der Waals surface area contributed by atoms with Gasteiger partial charge in [-0.05, 0) is 36.2 Å². The zero-order valence-corrected chi connectivity index (χ0v) is 15.3. The van der Waals surface area contributed by atoms with Crippen molar-refractivity contribution in [2.45, 2.75) is 24.3 Å². The van der Waals surface area contributed by atoms with Gasteiger partial charge in [0.15, 0.2) is 9.84 Å². The van der Waals surface area contributed by atoms with Gasteiger partial charge in [-0.25, -0.2) is 8.42 Å². The van der Waals surface area contributed by atoms with Crippen LogP contribution in [0.4, 0.5) is 0 Å². The van der Waals surface area contributed by atoms with Crippen molar-refractivity contribution in [2.75, 3.05) is 23.8 Å². The second-order valence-electron chi connectivity index (χ2n) is 6.03. The van der Waals surface area contributed by atoms with Gasteiger partial charge in [-0.2, -0.15) is 0 Å². The largest absolute Gasteiger partial charge is 0.338 e. The van der Waals surface area contributed by atoms with Gasteiger partial charge in [0.2, 0.25) is 5.91 Å². The molecule has 0 unspecified atom stereocenters. The molecule has 2 aromatic carbocycles. The van der Waals surface area contributed by atoms with E-state index in [-0.39, 0.29) is 23.5 Å². The number of nitrogens with zero attached hydrogens (tertiary/aromatic N) is 1. The van der Waals surface area contributed by atoms with Crippen molar-refractivity contribution >= 4 is 38.3 Å². The van der Waals surface area contributed by atoms with E-state index in [9.17, 15) is 13.2 Å². The maximum absolute atomic E-state index is 12.5. The minimum absolute atomic E-state index is 0.0118. The molecular weight excluding hydrogens is 342 g/mol. The van der Waals surface area contributed by atoms with Gasteiger partial charge in [0.05, 0.1) is 17.3 Å². The van der Waals surface area contributed by atoms with Crippen LogP contribution in [-0.4, -0.2) is 49.1 Å². The molecule has 0 radical (unpaired) electrons. The van der Waals surface area contributed by atoms with E-state index in [0.717, 1.165) is 10.3 Å². The number of thioether (sulfide) groups is 1. The lowest BCUT2D eigenvalue weighted by Gasteiger charge is -2.26. The Morgan fingerprint density at radius 2 is 1.96 bits per heavy atom. The Labute approximate surface area is 147 Å². The summed E-state index contributed by atoms with van der Waals surface area (Å²) in [7, 11) is -2.98. The molecule has 0 spiro atoms. The minimum atomic E-state index is -2.98. The van der Waals surface area contributed by atoms with Gasteiger partial charge in [0, 0.05) is 17.5 Å². The summed E-state index contributed by atoms with van der Waals surface area (Å²) >= 11 is 1.51. The smallest absolute Gasteiger partial charge is 0.233 e. The van der Waals surface area contributed by atoms with Gasteiger partial charge < -0.3 is 4.90 Å². The number of rotatable bonds is 5. The van der Waals surface area contributed by atoms with E-state index >= 15 is 0 Å². The quantitative estimate of drug-likeness (QED) is 0.767. The fourth-order valence-electron chi connectivity index (χ4n) is 3.14. The molecule has 2 aromatic rings. The van der Waals surface area contributed by atoms with Crippen LogP contribution in [0.5, 0.6) is 0 Å². The second kappa shape index (κ2) is 7.15. The number of sulfone groups is 1. The summed E-state index contributed by atoms with van der Waals surface area (Å²) in [5.74, 6) is 0.646. The van der Waals surface area contributed by atoms with Crippen LogP contribution in [0.1, 0.15) is 13.3 Å². The molecule has 1 fully saturated rings. The molecule has 3 rings (SSSR count). The molecule has 1 atom stereocenters. The second-order valence-corrected chi connectivity index (χ2v) is 9.31. The first-order chi connectivity index (χ1) is 11.5. The summed E-state index contributed by atoms with van der Waals surface area (Å²) in [6, 6.07) is 14.1. The van der Waals surface area contributed by atoms with E-state index in [2.05, 4.69) is 24.3 Å². The third-order valence-corrected chi connectivity index (χ3v) is 7.12. The molecule has 1 aliphatic rings. The topological polar surface area (TPSA) is 54.5 Å². The molecule has 24 heavy (non-hydrogen) atoms. The van der Waals surface area contributed by atoms with E-state index in [1.165, 1.54) is 17.1 Å². The van der Waals surface area contributed by atoms with Gasteiger partial charge in [-0.15, -0.1) is 11.8 Å². The fraction of sp³-hybridized carbons (Fsp3) is 0.389. The molecular formula is C18H21NO3S2. The van der Waals surface area contributed by atoms with Crippen molar-refractivity contribution in [1.82, 2.24) is 4.90 Å². The van der Waals surface area contributed by atoms with Crippen molar-refractivity contribution in [3.05, 3.63) is 42.5 Å². The summed E-state index contributed by atoms with van der Waals surface area (Å²) in [6.45, 7) is 2.46. The van der Waals surface area contributed by atoms with E-state index in [1.807, 2.05) is 25.1 Å². The molecule has 128 valence electrons. The van der Waals surface area contributed by atoms with Crippen molar-refractivity contribution < 1.29 is 13.2 Å². The van der Waals surface area contributed by atoms with E-state index in [0.29, 0.717) is 18.7 Å². The Morgan fingerprint density at radius 3 is 2.62 bits per heavy atom. The Kier molecular flexibility index (Phi) is 5.15. The highest BCUT2D eigenvalue weighted by atomic mass is 32.2. The van der Waals surface area contributed by atoms with Crippen LogP contribution in [0.3, 0.4) is 0 Å². The standard InChI is InChI=1S/C18H21NO3S2/c1-2-19(16-9-10-24(21,22)13-16)18(20)12-23-17-8-7-14-5-3-4-6-15(14)11-17/h3-8,11,16H,2,9-10,12-13H2,1H3/t16-/m1/s1. The average molecular weight is 364 g/mol. The molecule has 0 aliphatic carbocycles. The average Bonchev–Trinajstić information content (AvgIpc) is 2.93. The van der Waals surface area contributed by atoms with Crippen LogP contribution in [0.25, 0.3) is 10.8 Å². The number of hydrogen-bond donors (Lipinski definition) is 0. The molecule has 0 aromatic heterocycles. The van der Waals surface area contributed by atoms with Crippen LogP contribution in [0, 0.1) is 0 Å². The summed E-state index contributed by atoms with van der Waals surface area (Å²) < 4.78 is 23.3. The maximum atomic E-state index is 12.5. The predicted octanol–water partition coefficient (Wildman–Crippen LogP) is 2.97. The van der Waals surface area contributed by atoms with Crippen LogP contribution >= 0.6 is 11.8 Å². The molecule has 0 bridgehead atoms. The Bertz CT molecular complexity index is 848. The lowest BCUT2D eigenvalue weighted by atomic mass is 10.1. The highest BCUT2D eigenvalue weighted by molar-refractivity contribution is 8.00. The van der Waals surface area contributed by atoms with Gasteiger partial charge in [0.25, 0.3) is 0 Å². The van der Waals surface area contributed by atoms with Gasteiger partial charge in [-0.3, -0.25) is 4.79 Å². The third-order valence-electron chi connectivity index (χ3n) is 4.39. The van der Waals surface area contributed by atoms with Crippen LogP contribution < -0.4 is 0 Å². The molecule has 0 N–H and O–H groups in total. The molecule has 4 nitrogen and oxygen atoms in total. The molecule has 1 saturated heterocycles. The first kappa shape index (κ1) is 17.3. The zero-order chi connectivity index (χ0) is 17.2. The predicted molar refractivity (Wildman–Crippen MR) is 99.1 cm³/mol. The third kappa shape index (κ3) is 3.92. The monoisotopic (exact) mass is 363 g/mol. The van der Waals surface area contributed by atoms with Crippen molar-refractivity contribution in [2.24, 2.45) is 0 Å². The van der Waals surface area contributed by atoms with E-state index in [1.54, 1.807) is 4.90 Å². The number of benzene rings is 2. The molecule has 0 saturated carbocycles. The Balaban J connectivity index is 1.64. The normalized spacial score (nSPS) is 19.5. The van der Waals surface area contributed by atoms with Crippen LogP contribution in [0.15, 0.2) is 47.4 Å². The van der Waals surface area contributed by atoms with Crippen molar-refractivity contribution in [1.29, 1.82) is 0 Å². The SMILES string of the molecule is CCN(C(=O)CSc1ccc2ccccc2c1)[C@@H]1CCS(=O)(=O)C1. The molecule has 1 amide bonds. The zero-order valence-electron chi connectivity index (χ0n) is 13.6. The van der Waals surface area contributed by atoms with E-state index in [4.69, 9.17) is 0 Å². The van der Waals surface area contributed by atoms with Crippen LogP contribution in [0.2, 0.25) is 0 Å². The number of hydrogen-bond acceptors (Lipinski definition) is 4. The minimum Gasteiger partial charge on any atom is -0.338 e.